The molecule has 0 aliphatic heterocycles. The maximum absolute atomic E-state index is 11.7. The molecule has 0 bridgehead atoms. The van der Waals surface area contributed by atoms with E-state index in [9.17, 15) is 9.59 Å². The van der Waals surface area contributed by atoms with Crippen LogP contribution in [0.3, 0.4) is 0 Å². The van der Waals surface area contributed by atoms with Crippen molar-refractivity contribution in [2.75, 3.05) is 6.54 Å². The molecule has 1 aromatic rings. The minimum atomic E-state index is -0.398. The van der Waals surface area contributed by atoms with Crippen LogP contribution in [0.1, 0.15) is 35.3 Å². The predicted molar refractivity (Wildman–Crippen MR) is 71.4 cm³/mol. The van der Waals surface area contributed by atoms with E-state index in [0.29, 0.717) is 31.5 Å². The van der Waals surface area contributed by atoms with Crippen molar-refractivity contribution in [2.45, 2.75) is 26.2 Å². The normalized spacial score (nSPS) is 11.3. The van der Waals surface area contributed by atoms with Gasteiger partial charge in [0, 0.05) is 30.9 Å². The molecule has 0 aliphatic carbocycles. The Kier molecular flexibility index (Phi) is 5.59. The molecule has 0 atom stereocenters. The topological polar surface area (TPSA) is 121 Å². The van der Waals surface area contributed by atoms with Crippen molar-refractivity contribution in [3.05, 3.63) is 33.7 Å². The van der Waals surface area contributed by atoms with E-state index in [1.165, 1.54) is 12.3 Å². The van der Waals surface area contributed by atoms with Gasteiger partial charge in [-0.15, -0.1) is 0 Å². The number of aromatic amines is 1. The fourth-order valence-corrected chi connectivity index (χ4v) is 1.53. The highest BCUT2D eigenvalue weighted by molar-refractivity contribution is 5.93. The lowest BCUT2D eigenvalue weighted by Gasteiger charge is -2.04. The van der Waals surface area contributed by atoms with Gasteiger partial charge in [-0.3, -0.25) is 9.59 Å². The maximum Gasteiger partial charge on any atom is 0.256 e. The Labute approximate surface area is 110 Å². The molecule has 0 aliphatic rings. The number of amides is 1. The largest absolute Gasteiger partial charge is 0.409 e. The van der Waals surface area contributed by atoms with Gasteiger partial charge in [-0.05, 0) is 19.8 Å². The van der Waals surface area contributed by atoms with E-state index in [1.54, 1.807) is 6.92 Å². The van der Waals surface area contributed by atoms with Crippen LogP contribution in [0.4, 0.5) is 0 Å². The van der Waals surface area contributed by atoms with Crippen molar-refractivity contribution >= 4 is 11.7 Å². The van der Waals surface area contributed by atoms with Gasteiger partial charge in [-0.2, -0.15) is 0 Å². The number of rotatable bonds is 6. The van der Waals surface area contributed by atoms with Crippen LogP contribution in [0.2, 0.25) is 0 Å². The van der Waals surface area contributed by atoms with Gasteiger partial charge in [0.15, 0.2) is 5.43 Å². The van der Waals surface area contributed by atoms with Crippen LogP contribution in [0.5, 0.6) is 0 Å². The van der Waals surface area contributed by atoms with Gasteiger partial charge in [0.25, 0.3) is 5.91 Å². The summed E-state index contributed by atoms with van der Waals surface area (Å²) >= 11 is 0. The average Bonchev–Trinajstić information content (AvgIpc) is 2.37. The first kappa shape index (κ1) is 14.7. The first-order valence-corrected chi connectivity index (χ1v) is 5.98. The van der Waals surface area contributed by atoms with Gasteiger partial charge in [0.1, 0.15) is 11.4 Å². The molecular weight excluding hydrogens is 248 g/mol. The van der Waals surface area contributed by atoms with Gasteiger partial charge in [0.05, 0.1) is 0 Å². The molecule has 19 heavy (non-hydrogen) atoms. The Morgan fingerprint density at radius 1 is 1.53 bits per heavy atom. The summed E-state index contributed by atoms with van der Waals surface area (Å²) in [6.45, 7) is 2.18. The minimum Gasteiger partial charge on any atom is -0.409 e. The maximum atomic E-state index is 11.7. The van der Waals surface area contributed by atoms with Crippen LogP contribution in [-0.4, -0.2) is 28.5 Å². The number of H-pyrrole nitrogens is 1. The second kappa shape index (κ2) is 7.20. The molecule has 0 aromatic carbocycles. The molecule has 0 spiro atoms. The van der Waals surface area contributed by atoms with Gasteiger partial charge >= 0.3 is 0 Å². The van der Waals surface area contributed by atoms with Crippen LogP contribution in [0.25, 0.3) is 0 Å². The molecule has 0 saturated heterocycles. The molecule has 0 fully saturated rings. The fraction of sp³-hybridized carbons (Fsp3) is 0.417. The SMILES string of the molecule is Cc1cc(=O)c(C(=O)NCCCCC(N)=NO)c[nH]1. The zero-order valence-electron chi connectivity index (χ0n) is 10.8. The summed E-state index contributed by atoms with van der Waals surface area (Å²) in [5.74, 6) is -0.230. The highest BCUT2D eigenvalue weighted by Gasteiger charge is 2.09. The molecule has 104 valence electrons. The molecule has 1 heterocycles. The molecular formula is C12H18N4O3. The van der Waals surface area contributed by atoms with Crippen LogP contribution in [0.15, 0.2) is 22.2 Å². The van der Waals surface area contributed by atoms with E-state index in [0.717, 1.165) is 0 Å². The number of nitrogens with two attached hydrogens (primary N) is 1. The number of unbranched alkanes of at least 4 members (excludes halogenated alkanes) is 1. The summed E-state index contributed by atoms with van der Waals surface area (Å²) in [4.78, 5) is 26.1. The quantitative estimate of drug-likeness (QED) is 0.195. The van der Waals surface area contributed by atoms with Gasteiger partial charge in [-0.1, -0.05) is 5.16 Å². The second-order valence-corrected chi connectivity index (χ2v) is 4.20. The molecule has 7 nitrogen and oxygen atoms in total. The molecule has 1 aromatic heterocycles. The fourth-order valence-electron chi connectivity index (χ4n) is 1.53. The van der Waals surface area contributed by atoms with Crippen LogP contribution in [0, 0.1) is 6.92 Å². The van der Waals surface area contributed by atoms with E-state index in [-0.39, 0.29) is 16.8 Å². The van der Waals surface area contributed by atoms with E-state index in [4.69, 9.17) is 10.9 Å². The Hall–Kier alpha value is -2.31. The van der Waals surface area contributed by atoms with Crippen LogP contribution in [-0.2, 0) is 0 Å². The van der Waals surface area contributed by atoms with Gasteiger partial charge in [0.2, 0.25) is 0 Å². The van der Waals surface area contributed by atoms with Crippen molar-refractivity contribution in [3.8, 4) is 0 Å². The number of pyridine rings is 1. The molecule has 0 saturated carbocycles. The summed E-state index contributed by atoms with van der Waals surface area (Å²) in [5.41, 5.74) is 5.81. The van der Waals surface area contributed by atoms with Crippen LogP contribution >= 0.6 is 0 Å². The third kappa shape index (κ3) is 4.82. The lowest BCUT2D eigenvalue weighted by Crippen LogP contribution is -2.29. The number of nitrogens with zero attached hydrogens (tertiary/aromatic N) is 1. The third-order valence-electron chi connectivity index (χ3n) is 2.58. The lowest BCUT2D eigenvalue weighted by atomic mass is 10.2. The molecule has 5 N–H and O–H groups in total. The number of nitrogens with one attached hydrogen (secondary N) is 2. The third-order valence-corrected chi connectivity index (χ3v) is 2.58. The standard InChI is InChI=1S/C12H18N4O3/c1-8-6-10(17)9(7-15-8)12(18)14-5-3-2-4-11(13)16-19/h6-7,19H,2-5H2,1H3,(H2,13,16)(H,14,18)(H,15,17). The first-order chi connectivity index (χ1) is 9.04. The number of hydrogen-bond acceptors (Lipinski definition) is 4. The molecule has 7 heteroatoms. The summed E-state index contributed by atoms with van der Waals surface area (Å²) in [7, 11) is 0. The van der Waals surface area contributed by atoms with Crippen molar-refractivity contribution in [2.24, 2.45) is 10.9 Å². The second-order valence-electron chi connectivity index (χ2n) is 4.20. The summed E-state index contributed by atoms with van der Waals surface area (Å²) in [6, 6.07) is 1.38. The summed E-state index contributed by atoms with van der Waals surface area (Å²) in [5, 5.41) is 13.8. The highest BCUT2D eigenvalue weighted by atomic mass is 16.4. The number of amidine groups is 1. The van der Waals surface area contributed by atoms with Crippen molar-refractivity contribution in [3.63, 3.8) is 0 Å². The molecule has 0 radical (unpaired) electrons. The summed E-state index contributed by atoms with van der Waals surface area (Å²) < 4.78 is 0. The number of aromatic nitrogens is 1. The number of oxime groups is 1. The first-order valence-electron chi connectivity index (χ1n) is 5.98. The Balaban J connectivity index is 2.38. The van der Waals surface area contributed by atoms with E-state index in [2.05, 4.69) is 15.5 Å². The zero-order chi connectivity index (χ0) is 14.3. The average molecular weight is 266 g/mol. The number of aryl methyl sites for hydroxylation is 1. The molecule has 0 unspecified atom stereocenters. The van der Waals surface area contributed by atoms with E-state index < -0.39 is 5.91 Å². The van der Waals surface area contributed by atoms with E-state index >= 15 is 0 Å². The monoisotopic (exact) mass is 266 g/mol. The highest BCUT2D eigenvalue weighted by Crippen LogP contribution is 1.96. The van der Waals surface area contributed by atoms with Gasteiger partial charge in [-0.25, -0.2) is 0 Å². The van der Waals surface area contributed by atoms with Crippen LogP contribution < -0.4 is 16.5 Å². The van der Waals surface area contributed by atoms with Crippen molar-refractivity contribution in [1.82, 2.24) is 10.3 Å². The van der Waals surface area contributed by atoms with Crippen molar-refractivity contribution in [1.29, 1.82) is 0 Å². The predicted octanol–water partition coefficient (Wildman–Crippen LogP) is 0.330. The Bertz CT molecular complexity index is 522. The lowest BCUT2D eigenvalue weighted by molar-refractivity contribution is 0.0951. The summed E-state index contributed by atoms with van der Waals surface area (Å²) in [6.07, 6.45) is 3.26. The van der Waals surface area contributed by atoms with Crippen molar-refractivity contribution < 1.29 is 10.0 Å². The number of hydrogen-bond donors (Lipinski definition) is 4. The Morgan fingerprint density at radius 2 is 2.26 bits per heavy atom. The minimum absolute atomic E-state index is 0.0991. The van der Waals surface area contributed by atoms with E-state index in [1.807, 2.05) is 0 Å². The smallest absolute Gasteiger partial charge is 0.256 e. The zero-order valence-corrected chi connectivity index (χ0v) is 10.8. The molecule has 1 rings (SSSR count). The Morgan fingerprint density at radius 3 is 2.89 bits per heavy atom. The molecule has 1 amide bonds. The van der Waals surface area contributed by atoms with Gasteiger partial charge < -0.3 is 21.2 Å². The number of carbonyl (C=O) groups is 1. The number of carbonyl (C=O) groups excluding carboxylic acids is 1.